The van der Waals surface area contributed by atoms with Crippen LogP contribution in [0.2, 0.25) is 0 Å². The van der Waals surface area contributed by atoms with E-state index in [2.05, 4.69) is 40.7 Å². The molecule has 1 aliphatic heterocycles. The molecule has 0 unspecified atom stereocenters. The van der Waals surface area contributed by atoms with Crippen LogP contribution in [0, 0.1) is 0 Å². The third-order valence-electron chi connectivity index (χ3n) is 4.63. The summed E-state index contributed by atoms with van der Waals surface area (Å²) in [4.78, 5) is 4.66. The number of phenols is 1. The lowest BCUT2D eigenvalue weighted by Crippen LogP contribution is -2.38. The van der Waals surface area contributed by atoms with Crippen LogP contribution in [0.5, 0.6) is 11.5 Å². The molecule has 1 heterocycles. The molecule has 2 aromatic carbocycles. The van der Waals surface area contributed by atoms with Gasteiger partial charge in [-0.3, -0.25) is 4.99 Å². The predicted octanol–water partition coefficient (Wildman–Crippen LogP) is 3.68. The Morgan fingerprint density at radius 2 is 1.86 bits per heavy atom. The Morgan fingerprint density at radius 1 is 1.07 bits per heavy atom. The molecule has 28 heavy (non-hydrogen) atoms. The molecule has 1 aliphatic rings. The molecule has 0 saturated carbocycles. The summed E-state index contributed by atoms with van der Waals surface area (Å²) < 4.78 is 5.56. The van der Waals surface area contributed by atoms with Crippen LogP contribution in [0.4, 0.5) is 0 Å². The number of fused-ring (bicyclic) bond motifs is 1. The van der Waals surface area contributed by atoms with Crippen LogP contribution in [-0.2, 0) is 19.3 Å². The number of hydrogen-bond donors (Lipinski definition) is 3. The van der Waals surface area contributed by atoms with Crippen molar-refractivity contribution in [3.8, 4) is 11.5 Å². The number of benzene rings is 2. The van der Waals surface area contributed by atoms with Crippen molar-refractivity contribution in [1.82, 2.24) is 10.6 Å². The molecule has 0 aliphatic carbocycles. The van der Waals surface area contributed by atoms with Crippen LogP contribution in [-0.4, -0.2) is 37.3 Å². The van der Waals surface area contributed by atoms with Gasteiger partial charge in [0.15, 0.2) is 5.96 Å². The number of hydrogen-bond acceptors (Lipinski definition) is 3. The standard InChI is InChI=1S/C22H29N3O2.HI/c1-2-23-22(24-13-3-4-17-5-8-20(26)9-6-17)25-14-11-18-7-10-21-19(16-18)12-15-27-21;/h5-10,16,26H,2-4,11-15H2,1H3,(H2,23,24,25);1H. The molecule has 2 aromatic rings. The zero-order valence-corrected chi connectivity index (χ0v) is 18.7. The Kier molecular flexibility index (Phi) is 9.40. The minimum absolute atomic E-state index is 0. The van der Waals surface area contributed by atoms with E-state index in [0.29, 0.717) is 5.75 Å². The third kappa shape index (κ3) is 6.89. The van der Waals surface area contributed by atoms with Gasteiger partial charge >= 0.3 is 0 Å². The fourth-order valence-corrected chi connectivity index (χ4v) is 3.20. The van der Waals surface area contributed by atoms with E-state index in [0.717, 1.165) is 63.6 Å². The number of aliphatic imine (C=N–C) groups is 1. The van der Waals surface area contributed by atoms with Crippen molar-refractivity contribution >= 4 is 29.9 Å². The van der Waals surface area contributed by atoms with Crippen molar-refractivity contribution in [1.29, 1.82) is 0 Å². The Labute approximate surface area is 184 Å². The number of nitrogens with zero attached hydrogens (tertiary/aromatic N) is 1. The van der Waals surface area contributed by atoms with Gasteiger partial charge in [-0.1, -0.05) is 24.3 Å². The summed E-state index contributed by atoms with van der Waals surface area (Å²) in [6.07, 6.45) is 3.92. The van der Waals surface area contributed by atoms with Crippen LogP contribution in [0.3, 0.4) is 0 Å². The SMILES string of the molecule is CCNC(=NCCCc1ccc(O)cc1)NCCc1ccc2c(c1)CCO2.I. The van der Waals surface area contributed by atoms with E-state index in [9.17, 15) is 5.11 Å². The second kappa shape index (κ2) is 11.8. The van der Waals surface area contributed by atoms with Crippen molar-refractivity contribution in [3.63, 3.8) is 0 Å². The Bertz CT molecular complexity index is 763. The first kappa shape index (κ1) is 22.3. The summed E-state index contributed by atoms with van der Waals surface area (Å²) in [6, 6.07) is 13.9. The summed E-state index contributed by atoms with van der Waals surface area (Å²) >= 11 is 0. The van der Waals surface area contributed by atoms with Crippen molar-refractivity contribution in [2.24, 2.45) is 4.99 Å². The van der Waals surface area contributed by atoms with E-state index >= 15 is 0 Å². The van der Waals surface area contributed by atoms with Gasteiger partial charge in [0.05, 0.1) is 6.61 Å². The number of rotatable bonds is 8. The molecular weight excluding hydrogens is 465 g/mol. The molecule has 0 bridgehead atoms. The quantitative estimate of drug-likeness (QED) is 0.226. The number of aromatic hydroxyl groups is 1. The normalized spacial score (nSPS) is 12.7. The molecule has 3 N–H and O–H groups in total. The van der Waals surface area contributed by atoms with Gasteiger partial charge in [-0.2, -0.15) is 0 Å². The fourth-order valence-electron chi connectivity index (χ4n) is 3.20. The lowest BCUT2D eigenvalue weighted by Gasteiger charge is -2.12. The molecule has 5 nitrogen and oxygen atoms in total. The van der Waals surface area contributed by atoms with Crippen LogP contribution in [0.25, 0.3) is 0 Å². The molecule has 3 rings (SSSR count). The largest absolute Gasteiger partial charge is 0.508 e. The monoisotopic (exact) mass is 495 g/mol. The summed E-state index contributed by atoms with van der Waals surface area (Å²) in [5.74, 6) is 2.22. The second-order valence-corrected chi connectivity index (χ2v) is 6.75. The molecular formula is C22H30IN3O2. The molecule has 0 atom stereocenters. The lowest BCUT2D eigenvalue weighted by atomic mass is 10.1. The summed E-state index contributed by atoms with van der Waals surface area (Å²) in [5.41, 5.74) is 3.87. The second-order valence-electron chi connectivity index (χ2n) is 6.75. The molecule has 0 aromatic heterocycles. The predicted molar refractivity (Wildman–Crippen MR) is 125 cm³/mol. The van der Waals surface area contributed by atoms with Gasteiger partial charge in [0.25, 0.3) is 0 Å². The van der Waals surface area contributed by atoms with Gasteiger partial charge in [0, 0.05) is 26.1 Å². The highest BCUT2D eigenvalue weighted by Crippen LogP contribution is 2.25. The highest BCUT2D eigenvalue weighted by atomic mass is 127. The van der Waals surface area contributed by atoms with Crippen molar-refractivity contribution in [3.05, 3.63) is 59.2 Å². The van der Waals surface area contributed by atoms with Crippen molar-refractivity contribution in [2.45, 2.75) is 32.6 Å². The topological polar surface area (TPSA) is 65.9 Å². The van der Waals surface area contributed by atoms with E-state index in [1.54, 1.807) is 12.1 Å². The van der Waals surface area contributed by atoms with Gasteiger partial charge in [0.2, 0.25) is 0 Å². The van der Waals surface area contributed by atoms with Gasteiger partial charge < -0.3 is 20.5 Å². The molecule has 0 radical (unpaired) electrons. The lowest BCUT2D eigenvalue weighted by molar-refractivity contribution is 0.357. The number of guanidine groups is 1. The summed E-state index contributed by atoms with van der Waals surface area (Å²) in [5, 5.41) is 16.0. The first-order chi connectivity index (χ1) is 13.2. The molecule has 0 amide bonds. The van der Waals surface area contributed by atoms with Gasteiger partial charge in [0.1, 0.15) is 11.5 Å². The number of nitrogens with one attached hydrogen (secondary N) is 2. The maximum atomic E-state index is 9.33. The smallest absolute Gasteiger partial charge is 0.191 e. The first-order valence-corrected chi connectivity index (χ1v) is 9.79. The minimum atomic E-state index is 0. The van der Waals surface area contributed by atoms with Gasteiger partial charge in [-0.15, -0.1) is 24.0 Å². The van der Waals surface area contributed by atoms with E-state index in [4.69, 9.17) is 4.74 Å². The van der Waals surface area contributed by atoms with Crippen LogP contribution in [0.15, 0.2) is 47.5 Å². The molecule has 0 fully saturated rings. The summed E-state index contributed by atoms with van der Waals surface area (Å²) in [6.45, 7) is 5.35. The first-order valence-electron chi connectivity index (χ1n) is 9.79. The molecule has 0 saturated heterocycles. The highest BCUT2D eigenvalue weighted by Gasteiger charge is 2.11. The Hall–Kier alpha value is -1.96. The van der Waals surface area contributed by atoms with Crippen LogP contribution >= 0.6 is 24.0 Å². The van der Waals surface area contributed by atoms with Crippen LogP contribution in [0.1, 0.15) is 30.0 Å². The van der Waals surface area contributed by atoms with E-state index < -0.39 is 0 Å². The van der Waals surface area contributed by atoms with E-state index in [-0.39, 0.29) is 24.0 Å². The maximum Gasteiger partial charge on any atom is 0.191 e. The number of halogens is 1. The van der Waals surface area contributed by atoms with Gasteiger partial charge in [-0.05, 0) is 61.1 Å². The van der Waals surface area contributed by atoms with Crippen LogP contribution < -0.4 is 15.4 Å². The number of aryl methyl sites for hydroxylation is 1. The average Bonchev–Trinajstić information content (AvgIpc) is 3.14. The highest BCUT2D eigenvalue weighted by molar-refractivity contribution is 14.0. The molecule has 0 spiro atoms. The zero-order valence-electron chi connectivity index (χ0n) is 16.4. The van der Waals surface area contributed by atoms with Crippen molar-refractivity contribution < 1.29 is 9.84 Å². The molecule has 6 heteroatoms. The third-order valence-corrected chi connectivity index (χ3v) is 4.63. The number of ether oxygens (including phenoxy) is 1. The average molecular weight is 495 g/mol. The maximum absolute atomic E-state index is 9.33. The minimum Gasteiger partial charge on any atom is -0.508 e. The fraction of sp³-hybridized carbons (Fsp3) is 0.409. The Morgan fingerprint density at radius 3 is 2.64 bits per heavy atom. The molecule has 152 valence electrons. The van der Waals surface area contributed by atoms with Crippen molar-refractivity contribution in [2.75, 3.05) is 26.2 Å². The van der Waals surface area contributed by atoms with Gasteiger partial charge in [-0.25, -0.2) is 0 Å². The van der Waals surface area contributed by atoms with E-state index in [1.807, 2.05) is 12.1 Å². The zero-order chi connectivity index (χ0) is 18.9. The van der Waals surface area contributed by atoms with E-state index in [1.165, 1.54) is 16.7 Å². The number of phenolic OH excluding ortho intramolecular Hbond substituents is 1. The Balaban J connectivity index is 0.00000280. The summed E-state index contributed by atoms with van der Waals surface area (Å²) in [7, 11) is 0.